The minimum absolute atomic E-state index is 0.0243. The number of aromatic nitrogens is 5. The van der Waals surface area contributed by atoms with E-state index in [-0.39, 0.29) is 18.4 Å². The number of aryl methyl sites for hydroxylation is 1. The Morgan fingerprint density at radius 1 is 1.08 bits per heavy atom. The fraction of sp³-hybridized carbons (Fsp3) is 0.448. The third kappa shape index (κ3) is 4.90. The van der Waals surface area contributed by atoms with Gasteiger partial charge in [-0.3, -0.25) is 9.69 Å². The Bertz CT molecular complexity index is 1470. The highest BCUT2D eigenvalue weighted by Gasteiger charge is 2.30. The van der Waals surface area contributed by atoms with Crippen LogP contribution in [0.3, 0.4) is 0 Å². The first kappa shape index (κ1) is 24.6. The summed E-state index contributed by atoms with van der Waals surface area (Å²) in [5, 5.41) is 14.0. The van der Waals surface area contributed by atoms with Crippen molar-refractivity contribution in [1.29, 1.82) is 0 Å². The van der Waals surface area contributed by atoms with Crippen molar-refractivity contribution < 1.29 is 9.47 Å². The van der Waals surface area contributed by atoms with Crippen LogP contribution in [0.5, 0.6) is 11.5 Å². The van der Waals surface area contributed by atoms with Gasteiger partial charge in [0.25, 0.3) is 5.56 Å². The average molecular weight is 515 g/mol. The Kier molecular flexibility index (Phi) is 6.84. The molecule has 0 bridgehead atoms. The molecule has 1 aliphatic carbocycles. The lowest BCUT2D eigenvalue weighted by Crippen LogP contribution is -2.33. The van der Waals surface area contributed by atoms with E-state index in [1.165, 1.54) is 24.0 Å². The second kappa shape index (κ2) is 10.6. The lowest BCUT2D eigenvalue weighted by Gasteiger charge is -2.31. The number of nitrogens with one attached hydrogen (secondary N) is 1. The normalized spacial score (nSPS) is 16.1. The first-order valence-electron chi connectivity index (χ1n) is 13.6. The number of ether oxygens (including phenoxy) is 2. The molecule has 1 atom stereocenters. The van der Waals surface area contributed by atoms with Gasteiger partial charge in [0.15, 0.2) is 17.3 Å². The number of rotatable bonds is 9. The van der Waals surface area contributed by atoms with Crippen LogP contribution in [0.25, 0.3) is 10.9 Å². The predicted molar refractivity (Wildman–Crippen MR) is 144 cm³/mol. The standard InChI is InChI=1S/C29H34N6O3/c1-3-6-25(28-31-32-33-35(28)23-7-4-5-8-23)34(16-20-11-9-19(2)10-12-20)17-22-13-21-14-26-27(38-18-37-26)15-24(21)30-29(22)36/h9-15,23,25H,3-8,16-18H2,1-2H3,(H,30,36)/t25-/m1/s1. The number of H-pyrrole nitrogens is 1. The fourth-order valence-electron chi connectivity index (χ4n) is 5.76. The second-order valence-corrected chi connectivity index (χ2v) is 10.5. The summed E-state index contributed by atoms with van der Waals surface area (Å²) >= 11 is 0. The zero-order chi connectivity index (χ0) is 26.1. The van der Waals surface area contributed by atoms with Gasteiger partial charge in [-0.25, -0.2) is 4.68 Å². The number of aromatic amines is 1. The number of benzene rings is 2. The van der Waals surface area contributed by atoms with Crippen molar-refractivity contribution in [2.75, 3.05) is 6.79 Å². The van der Waals surface area contributed by atoms with Gasteiger partial charge in [-0.15, -0.1) is 5.10 Å². The molecule has 198 valence electrons. The van der Waals surface area contributed by atoms with E-state index in [0.29, 0.717) is 36.2 Å². The third-order valence-corrected chi connectivity index (χ3v) is 7.78. The zero-order valence-electron chi connectivity index (χ0n) is 22.0. The Balaban J connectivity index is 1.39. The van der Waals surface area contributed by atoms with Crippen LogP contribution >= 0.6 is 0 Å². The molecular weight excluding hydrogens is 480 g/mol. The maximum Gasteiger partial charge on any atom is 0.252 e. The second-order valence-electron chi connectivity index (χ2n) is 10.5. The van der Waals surface area contributed by atoms with Crippen LogP contribution < -0.4 is 15.0 Å². The van der Waals surface area contributed by atoms with Gasteiger partial charge in [-0.05, 0) is 54.3 Å². The summed E-state index contributed by atoms with van der Waals surface area (Å²) in [6.45, 7) is 5.63. The Hall–Kier alpha value is -3.72. The number of pyridine rings is 1. The molecule has 0 amide bonds. The van der Waals surface area contributed by atoms with Crippen LogP contribution in [0.2, 0.25) is 0 Å². The van der Waals surface area contributed by atoms with Crippen molar-refractivity contribution in [3.05, 3.63) is 75.3 Å². The number of hydrogen-bond donors (Lipinski definition) is 1. The highest BCUT2D eigenvalue weighted by Crippen LogP contribution is 2.36. The highest BCUT2D eigenvalue weighted by molar-refractivity contribution is 5.83. The van der Waals surface area contributed by atoms with E-state index in [4.69, 9.17) is 9.47 Å². The van der Waals surface area contributed by atoms with Crippen molar-refractivity contribution in [2.45, 2.75) is 77.5 Å². The summed E-state index contributed by atoms with van der Waals surface area (Å²) in [4.78, 5) is 18.7. The molecular formula is C29H34N6O3. The summed E-state index contributed by atoms with van der Waals surface area (Å²) in [5.41, 5.74) is 3.75. The van der Waals surface area contributed by atoms with E-state index in [1.807, 2.05) is 18.2 Å². The number of tetrazole rings is 1. The lowest BCUT2D eigenvalue weighted by molar-refractivity contribution is 0.153. The van der Waals surface area contributed by atoms with Crippen LogP contribution in [0.4, 0.5) is 0 Å². The number of fused-ring (bicyclic) bond motifs is 2. The van der Waals surface area contributed by atoms with E-state index in [1.54, 1.807) is 0 Å². The molecule has 1 N–H and O–H groups in total. The molecule has 0 unspecified atom stereocenters. The van der Waals surface area contributed by atoms with Crippen LogP contribution in [-0.4, -0.2) is 36.9 Å². The molecule has 1 aliphatic heterocycles. The van der Waals surface area contributed by atoms with Gasteiger partial charge < -0.3 is 14.5 Å². The van der Waals surface area contributed by atoms with Crippen molar-refractivity contribution >= 4 is 10.9 Å². The van der Waals surface area contributed by atoms with Crippen LogP contribution in [0.1, 0.15) is 80.0 Å². The third-order valence-electron chi connectivity index (χ3n) is 7.78. The van der Waals surface area contributed by atoms with Gasteiger partial charge in [0.1, 0.15) is 0 Å². The van der Waals surface area contributed by atoms with E-state index >= 15 is 0 Å². The topological polar surface area (TPSA) is 98.2 Å². The molecule has 0 saturated heterocycles. The van der Waals surface area contributed by atoms with Crippen molar-refractivity contribution in [3.63, 3.8) is 0 Å². The molecule has 1 fully saturated rings. The van der Waals surface area contributed by atoms with Crippen molar-refractivity contribution in [2.24, 2.45) is 0 Å². The monoisotopic (exact) mass is 514 g/mol. The quantitative estimate of drug-likeness (QED) is 0.327. The largest absolute Gasteiger partial charge is 0.454 e. The molecule has 38 heavy (non-hydrogen) atoms. The van der Waals surface area contributed by atoms with E-state index in [0.717, 1.165) is 42.4 Å². The number of hydrogen-bond acceptors (Lipinski definition) is 7. The summed E-state index contributed by atoms with van der Waals surface area (Å²) < 4.78 is 13.1. The molecule has 2 aromatic carbocycles. The summed E-state index contributed by atoms with van der Waals surface area (Å²) in [6, 6.07) is 14.7. The molecule has 4 aromatic rings. The van der Waals surface area contributed by atoms with Gasteiger partial charge in [0, 0.05) is 30.1 Å². The maximum absolute atomic E-state index is 13.3. The molecule has 0 radical (unpaired) electrons. The first-order chi connectivity index (χ1) is 18.6. The molecule has 9 heteroatoms. The fourth-order valence-corrected chi connectivity index (χ4v) is 5.76. The van der Waals surface area contributed by atoms with Gasteiger partial charge in [-0.2, -0.15) is 0 Å². The Morgan fingerprint density at radius 2 is 1.84 bits per heavy atom. The molecule has 2 aromatic heterocycles. The van der Waals surface area contributed by atoms with E-state index < -0.39 is 0 Å². The molecule has 2 aliphatic rings. The van der Waals surface area contributed by atoms with Gasteiger partial charge in [-0.1, -0.05) is 56.0 Å². The molecule has 3 heterocycles. The Morgan fingerprint density at radius 3 is 2.61 bits per heavy atom. The van der Waals surface area contributed by atoms with Crippen LogP contribution in [0.15, 0.2) is 47.3 Å². The maximum atomic E-state index is 13.3. The molecule has 6 rings (SSSR count). The molecule has 0 spiro atoms. The van der Waals surface area contributed by atoms with Crippen LogP contribution in [-0.2, 0) is 13.1 Å². The molecule has 9 nitrogen and oxygen atoms in total. The van der Waals surface area contributed by atoms with E-state index in [2.05, 4.69) is 68.2 Å². The van der Waals surface area contributed by atoms with Gasteiger partial charge in [0.05, 0.1) is 17.6 Å². The number of nitrogens with zero attached hydrogens (tertiary/aromatic N) is 5. The van der Waals surface area contributed by atoms with Gasteiger partial charge >= 0.3 is 0 Å². The summed E-state index contributed by atoms with van der Waals surface area (Å²) in [5.74, 6) is 2.25. The smallest absolute Gasteiger partial charge is 0.252 e. The predicted octanol–water partition coefficient (Wildman–Crippen LogP) is 5.21. The minimum Gasteiger partial charge on any atom is -0.454 e. The zero-order valence-corrected chi connectivity index (χ0v) is 22.0. The van der Waals surface area contributed by atoms with Crippen molar-refractivity contribution in [1.82, 2.24) is 30.1 Å². The highest BCUT2D eigenvalue weighted by atomic mass is 16.7. The average Bonchev–Trinajstić information content (AvgIpc) is 3.69. The minimum atomic E-state index is -0.101. The lowest BCUT2D eigenvalue weighted by atomic mass is 10.0. The van der Waals surface area contributed by atoms with Gasteiger partial charge in [0.2, 0.25) is 6.79 Å². The first-order valence-corrected chi connectivity index (χ1v) is 13.6. The summed E-state index contributed by atoms with van der Waals surface area (Å²) in [7, 11) is 0. The summed E-state index contributed by atoms with van der Waals surface area (Å²) in [6.07, 6.45) is 6.50. The van der Waals surface area contributed by atoms with Crippen LogP contribution in [0, 0.1) is 6.92 Å². The van der Waals surface area contributed by atoms with E-state index in [9.17, 15) is 4.79 Å². The molecule has 1 saturated carbocycles. The van der Waals surface area contributed by atoms with Crippen molar-refractivity contribution in [3.8, 4) is 11.5 Å². The Labute approximate surface area is 221 Å². The SMILES string of the molecule is CCC[C@H](c1nnnn1C1CCCC1)N(Cc1ccc(C)cc1)Cc1cc2cc3c(cc2[nH]c1=O)OCO3.